The summed E-state index contributed by atoms with van der Waals surface area (Å²) in [5.74, 6) is -0.269. The molecule has 2 aromatic carbocycles. The molecule has 0 aliphatic rings. The minimum absolute atomic E-state index is 0.0759. The van der Waals surface area contributed by atoms with Crippen LogP contribution in [-0.4, -0.2) is 11.6 Å². The molecule has 0 atom stereocenters. The zero-order valence-electron chi connectivity index (χ0n) is 10.2. The second kappa shape index (κ2) is 5.41. The average Bonchev–Trinajstić information content (AvgIpc) is 2.39. The van der Waals surface area contributed by atoms with E-state index in [-0.39, 0.29) is 18.0 Å². The van der Waals surface area contributed by atoms with Crippen molar-refractivity contribution in [2.45, 2.75) is 13.3 Å². The van der Waals surface area contributed by atoms with E-state index in [4.69, 9.17) is 0 Å². The molecule has 0 amide bonds. The molecule has 18 heavy (non-hydrogen) atoms. The molecule has 0 bridgehead atoms. The summed E-state index contributed by atoms with van der Waals surface area (Å²) in [6.07, 6.45) is -0.0759. The van der Waals surface area contributed by atoms with Crippen molar-refractivity contribution in [1.29, 1.82) is 0 Å². The zero-order valence-corrected chi connectivity index (χ0v) is 10.2. The molecular weight excluding hydrogens is 224 g/mol. The maximum atomic E-state index is 12.0. The fourth-order valence-corrected chi connectivity index (χ4v) is 1.79. The second-order valence-corrected chi connectivity index (χ2v) is 4.26. The molecule has 0 aliphatic heterocycles. The summed E-state index contributed by atoms with van der Waals surface area (Å²) in [5, 5.41) is 0. The van der Waals surface area contributed by atoms with Crippen molar-refractivity contribution in [1.82, 2.24) is 0 Å². The van der Waals surface area contributed by atoms with Crippen molar-refractivity contribution in [3.63, 3.8) is 0 Å². The predicted molar refractivity (Wildman–Crippen MR) is 70.9 cm³/mol. The van der Waals surface area contributed by atoms with Crippen LogP contribution < -0.4 is 0 Å². The Morgan fingerprint density at radius 3 is 2.11 bits per heavy atom. The van der Waals surface area contributed by atoms with Crippen LogP contribution in [0.4, 0.5) is 0 Å². The number of benzene rings is 2. The Morgan fingerprint density at radius 1 is 0.833 bits per heavy atom. The Labute approximate surface area is 106 Å². The second-order valence-electron chi connectivity index (χ2n) is 4.26. The predicted octanol–water partition coefficient (Wildman–Crippen LogP) is 3.45. The number of rotatable bonds is 4. The maximum Gasteiger partial charge on any atom is 0.170 e. The van der Waals surface area contributed by atoms with Gasteiger partial charge in [-0.3, -0.25) is 9.59 Å². The van der Waals surface area contributed by atoms with Crippen LogP contribution in [0.25, 0.3) is 0 Å². The highest BCUT2D eigenvalue weighted by Gasteiger charge is 2.13. The molecular formula is C16H14O2. The summed E-state index contributed by atoms with van der Waals surface area (Å²) < 4.78 is 0. The van der Waals surface area contributed by atoms with Crippen LogP contribution in [-0.2, 0) is 0 Å². The number of ketones is 2. The summed E-state index contributed by atoms with van der Waals surface area (Å²) in [7, 11) is 0. The lowest BCUT2D eigenvalue weighted by molar-refractivity contribution is 0.0894. The van der Waals surface area contributed by atoms with Gasteiger partial charge in [-0.25, -0.2) is 0 Å². The van der Waals surface area contributed by atoms with Gasteiger partial charge in [-0.15, -0.1) is 0 Å². The lowest BCUT2D eigenvalue weighted by atomic mass is 10.0. The van der Waals surface area contributed by atoms with E-state index in [1.807, 2.05) is 25.1 Å². The first-order valence-electron chi connectivity index (χ1n) is 5.85. The number of hydrogen-bond acceptors (Lipinski definition) is 2. The van der Waals surface area contributed by atoms with Crippen LogP contribution in [0.5, 0.6) is 0 Å². The smallest absolute Gasteiger partial charge is 0.170 e. The molecule has 0 fully saturated rings. The van der Waals surface area contributed by atoms with Gasteiger partial charge >= 0.3 is 0 Å². The van der Waals surface area contributed by atoms with Gasteiger partial charge in [0.05, 0.1) is 6.42 Å². The summed E-state index contributed by atoms with van der Waals surface area (Å²) in [5.41, 5.74) is 2.20. The molecule has 2 aromatic rings. The zero-order chi connectivity index (χ0) is 13.0. The molecule has 2 rings (SSSR count). The van der Waals surface area contributed by atoms with Crippen LogP contribution in [0.2, 0.25) is 0 Å². The molecule has 0 spiro atoms. The number of carbonyl (C=O) groups is 2. The molecule has 0 heterocycles. The first-order valence-corrected chi connectivity index (χ1v) is 5.85. The Bertz CT molecular complexity index is 571. The molecule has 0 unspecified atom stereocenters. The van der Waals surface area contributed by atoms with Gasteiger partial charge in [-0.1, -0.05) is 54.1 Å². The Morgan fingerprint density at radius 2 is 1.44 bits per heavy atom. The van der Waals surface area contributed by atoms with E-state index in [2.05, 4.69) is 0 Å². The molecule has 0 N–H and O–H groups in total. The average molecular weight is 238 g/mol. The van der Waals surface area contributed by atoms with E-state index in [0.717, 1.165) is 5.56 Å². The standard InChI is InChI=1S/C16H14O2/c1-12-6-5-9-14(10-12)16(18)11-15(17)13-7-3-2-4-8-13/h2-10H,11H2,1H3. The molecule has 0 saturated carbocycles. The minimum atomic E-state index is -0.137. The normalized spacial score (nSPS) is 10.1. The van der Waals surface area contributed by atoms with Crippen LogP contribution >= 0.6 is 0 Å². The Kier molecular flexibility index (Phi) is 3.68. The van der Waals surface area contributed by atoms with Gasteiger partial charge in [0, 0.05) is 11.1 Å². The van der Waals surface area contributed by atoms with Crippen molar-refractivity contribution >= 4 is 11.6 Å². The van der Waals surface area contributed by atoms with Crippen LogP contribution in [0.1, 0.15) is 32.7 Å². The number of carbonyl (C=O) groups excluding carboxylic acids is 2. The fourth-order valence-electron chi connectivity index (χ4n) is 1.79. The molecule has 90 valence electrons. The highest BCUT2D eigenvalue weighted by atomic mass is 16.1. The third-order valence-corrected chi connectivity index (χ3v) is 2.76. The molecule has 2 heteroatoms. The summed E-state index contributed by atoms with van der Waals surface area (Å²) in [6.45, 7) is 1.93. The first-order chi connectivity index (χ1) is 8.66. The van der Waals surface area contributed by atoms with Gasteiger partial charge < -0.3 is 0 Å². The lowest BCUT2D eigenvalue weighted by Crippen LogP contribution is -2.08. The molecule has 0 aromatic heterocycles. The summed E-state index contributed by atoms with van der Waals surface area (Å²) in [6, 6.07) is 16.2. The van der Waals surface area contributed by atoms with Gasteiger partial charge in [-0.05, 0) is 13.0 Å². The minimum Gasteiger partial charge on any atom is -0.294 e. The van der Waals surface area contributed by atoms with Crippen molar-refractivity contribution in [3.05, 3.63) is 71.3 Å². The third kappa shape index (κ3) is 2.92. The number of aryl methyl sites for hydroxylation is 1. The molecule has 0 saturated heterocycles. The van der Waals surface area contributed by atoms with Crippen LogP contribution in [0, 0.1) is 6.92 Å². The van der Waals surface area contributed by atoms with Crippen molar-refractivity contribution in [2.75, 3.05) is 0 Å². The van der Waals surface area contributed by atoms with E-state index in [1.54, 1.807) is 36.4 Å². The van der Waals surface area contributed by atoms with E-state index < -0.39 is 0 Å². The number of Topliss-reactive ketones (excluding diaryl/α,β-unsaturated/α-hetero) is 2. The largest absolute Gasteiger partial charge is 0.294 e. The van der Waals surface area contributed by atoms with E-state index in [1.165, 1.54) is 0 Å². The van der Waals surface area contributed by atoms with Gasteiger partial charge in [-0.2, -0.15) is 0 Å². The van der Waals surface area contributed by atoms with E-state index >= 15 is 0 Å². The van der Waals surface area contributed by atoms with Gasteiger partial charge in [0.1, 0.15) is 0 Å². The number of hydrogen-bond donors (Lipinski definition) is 0. The monoisotopic (exact) mass is 238 g/mol. The van der Waals surface area contributed by atoms with E-state index in [0.29, 0.717) is 11.1 Å². The summed E-state index contributed by atoms with van der Waals surface area (Å²) in [4.78, 5) is 23.9. The molecule has 2 nitrogen and oxygen atoms in total. The van der Waals surface area contributed by atoms with Gasteiger partial charge in [0.15, 0.2) is 11.6 Å². The fraction of sp³-hybridized carbons (Fsp3) is 0.125. The molecule has 0 aliphatic carbocycles. The van der Waals surface area contributed by atoms with Gasteiger partial charge in [0.2, 0.25) is 0 Å². The highest BCUT2D eigenvalue weighted by molar-refractivity contribution is 6.13. The lowest BCUT2D eigenvalue weighted by Gasteiger charge is -2.02. The SMILES string of the molecule is Cc1cccc(C(=O)CC(=O)c2ccccc2)c1. The first kappa shape index (κ1) is 12.2. The Hall–Kier alpha value is -2.22. The summed E-state index contributed by atoms with van der Waals surface area (Å²) >= 11 is 0. The van der Waals surface area contributed by atoms with Crippen molar-refractivity contribution in [2.24, 2.45) is 0 Å². The van der Waals surface area contributed by atoms with Crippen molar-refractivity contribution in [3.8, 4) is 0 Å². The quantitative estimate of drug-likeness (QED) is 0.604. The van der Waals surface area contributed by atoms with Crippen molar-refractivity contribution < 1.29 is 9.59 Å². The topological polar surface area (TPSA) is 34.1 Å². The maximum absolute atomic E-state index is 12.0. The van der Waals surface area contributed by atoms with Crippen LogP contribution in [0.3, 0.4) is 0 Å². The highest BCUT2D eigenvalue weighted by Crippen LogP contribution is 2.10. The molecule has 0 radical (unpaired) electrons. The van der Waals surface area contributed by atoms with E-state index in [9.17, 15) is 9.59 Å². The third-order valence-electron chi connectivity index (χ3n) is 2.76. The van der Waals surface area contributed by atoms with Crippen LogP contribution in [0.15, 0.2) is 54.6 Å². The Balaban J connectivity index is 2.11. The van der Waals surface area contributed by atoms with Gasteiger partial charge in [0.25, 0.3) is 0 Å².